The average Bonchev–Trinajstić information content (AvgIpc) is 2.96. The summed E-state index contributed by atoms with van der Waals surface area (Å²) in [5.74, 6) is 1.84. The predicted molar refractivity (Wildman–Crippen MR) is 96.7 cm³/mol. The first kappa shape index (κ1) is 16.9. The predicted octanol–water partition coefficient (Wildman–Crippen LogP) is 3.24. The van der Waals surface area contributed by atoms with Crippen LogP contribution in [0.1, 0.15) is 42.7 Å². The molecule has 1 aliphatic rings. The lowest BCUT2D eigenvalue weighted by molar-refractivity contribution is -0.116. The number of fused-ring (bicyclic) bond motifs is 1. The summed E-state index contributed by atoms with van der Waals surface area (Å²) < 4.78 is 13.7. The van der Waals surface area contributed by atoms with Crippen LogP contribution in [-0.4, -0.2) is 19.9 Å². The van der Waals surface area contributed by atoms with Crippen molar-refractivity contribution in [3.63, 3.8) is 0 Å². The number of carbonyl (C=O) groups is 1. The first-order valence-corrected chi connectivity index (χ1v) is 9.67. The van der Waals surface area contributed by atoms with Crippen molar-refractivity contribution >= 4 is 22.5 Å². The standard InChI is InChI=1S/C18H23N3O2S/c1-11(2)7-17(22)19-18-14-9-24(23)10-15(14)20-21(18)16-6-5-12(3)8-13(16)4/h5-6,8,11H,7,9-10H2,1-4H3,(H,19,22)/t24-/m0/s1. The van der Waals surface area contributed by atoms with Crippen molar-refractivity contribution in [2.75, 3.05) is 5.32 Å². The van der Waals surface area contributed by atoms with Crippen LogP contribution < -0.4 is 5.32 Å². The van der Waals surface area contributed by atoms with E-state index >= 15 is 0 Å². The van der Waals surface area contributed by atoms with E-state index in [-0.39, 0.29) is 11.8 Å². The third-order valence-corrected chi connectivity index (χ3v) is 5.31. The van der Waals surface area contributed by atoms with Crippen molar-refractivity contribution in [2.45, 2.75) is 45.6 Å². The van der Waals surface area contributed by atoms with Crippen molar-refractivity contribution in [3.05, 3.63) is 40.6 Å². The van der Waals surface area contributed by atoms with Crippen LogP contribution in [0.3, 0.4) is 0 Å². The van der Waals surface area contributed by atoms with E-state index in [0.717, 1.165) is 22.5 Å². The van der Waals surface area contributed by atoms with Crippen LogP contribution in [0.15, 0.2) is 18.2 Å². The van der Waals surface area contributed by atoms with Crippen LogP contribution in [0.4, 0.5) is 5.82 Å². The van der Waals surface area contributed by atoms with Gasteiger partial charge in [0.05, 0.1) is 22.9 Å². The topological polar surface area (TPSA) is 64.0 Å². The lowest BCUT2D eigenvalue weighted by Crippen LogP contribution is -2.18. The molecule has 2 heterocycles. The molecule has 0 bridgehead atoms. The van der Waals surface area contributed by atoms with Crippen molar-refractivity contribution < 1.29 is 9.00 Å². The highest BCUT2D eigenvalue weighted by Crippen LogP contribution is 2.32. The SMILES string of the molecule is Cc1ccc(-n2nc3c(c2NC(=O)CC(C)C)C[S@](=O)C3)c(C)c1. The minimum atomic E-state index is -0.925. The molecule has 0 radical (unpaired) electrons. The second-order valence-corrected chi connectivity index (χ2v) is 8.31. The molecule has 1 aliphatic heterocycles. The third kappa shape index (κ3) is 3.29. The fraction of sp³-hybridized carbons (Fsp3) is 0.444. The number of rotatable bonds is 4. The number of amides is 1. The Bertz CT molecular complexity index is 824. The number of anilines is 1. The average molecular weight is 345 g/mol. The summed E-state index contributed by atoms with van der Waals surface area (Å²) in [4.78, 5) is 12.3. The second-order valence-electron chi connectivity index (χ2n) is 6.85. The van der Waals surface area contributed by atoms with E-state index in [1.807, 2.05) is 39.8 Å². The molecule has 0 saturated heterocycles. The summed E-state index contributed by atoms with van der Waals surface area (Å²) in [5, 5.41) is 7.65. The quantitative estimate of drug-likeness (QED) is 0.925. The van der Waals surface area contributed by atoms with Gasteiger partial charge in [-0.3, -0.25) is 9.00 Å². The molecule has 0 spiro atoms. The number of carbonyl (C=O) groups excluding carboxylic acids is 1. The van der Waals surface area contributed by atoms with Gasteiger partial charge in [-0.15, -0.1) is 0 Å². The summed E-state index contributed by atoms with van der Waals surface area (Å²) in [6.07, 6.45) is 0.454. The summed E-state index contributed by atoms with van der Waals surface area (Å²) >= 11 is 0. The summed E-state index contributed by atoms with van der Waals surface area (Å²) in [5.41, 5.74) is 4.96. The molecule has 1 aromatic heterocycles. The number of hydrogen-bond acceptors (Lipinski definition) is 3. The van der Waals surface area contributed by atoms with Gasteiger partial charge in [-0.1, -0.05) is 31.5 Å². The Morgan fingerprint density at radius 1 is 1.33 bits per heavy atom. The Hall–Kier alpha value is -1.95. The molecule has 3 rings (SSSR count). The molecule has 5 nitrogen and oxygen atoms in total. The van der Waals surface area contributed by atoms with Crippen molar-refractivity contribution in [1.29, 1.82) is 0 Å². The molecule has 24 heavy (non-hydrogen) atoms. The van der Waals surface area contributed by atoms with Gasteiger partial charge in [0.15, 0.2) is 0 Å². The largest absolute Gasteiger partial charge is 0.310 e. The molecule has 6 heteroatoms. The summed E-state index contributed by atoms with van der Waals surface area (Å²) in [7, 11) is -0.925. The highest BCUT2D eigenvalue weighted by Gasteiger charge is 2.28. The zero-order chi connectivity index (χ0) is 17.4. The van der Waals surface area contributed by atoms with E-state index in [4.69, 9.17) is 0 Å². The number of nitrogens with one attached hydrogen (secondary N) is 1. The van der Waals surface area contributed by atoms with Gasteiger partial charge in [0.1, 0.15) is 5.82 Å². The van der Waals surface area contributed by atoms with Crippen molar-refractivity contribution in [1.82, 2.24) is 9.78 Å². The van der Waals surface area contributed by atoms with Crippen LogP contribution in [0.25, 0.3) is 5.69 Å². The van der Waals surface area contributed by atoms with Crippen LogP contribution in [0.2, 0.25) is 0 Å². The second kappa shape index (κ2) is 6.51. The molecule has 0 saturated carbocycles. The van der Waals surface area contributed by atoms with Gasteiger partial charge >= 0.3 is 0 Å². The minimum absolute atomic E-state index is 0.0311. The maximum absolute atomic E-state index is 12.3. The van der Waals surface area contributed by atoms with E-state index in [2.05, 4.69) is 16.5 Å². The molecule has 128 valence electrons. The molecule has 1 amide bonds. The van der Waals surface area contributed by atoms with Crippen LogP contribution in [-0.2, 0) is 27.1 Å². The van der Waals surface area contributed by atoms with Gasteiger partial charge < -0.3 is 5.32 Å². The minimum Gasteiger partial charge on any atom is -0.310 e. The molecule has 1 atom stereocenters. The highest BCUT2D eigenvalue weighted by atomic mass is 32.2. The van der Waals surface area contributed by atoms with Gasteiger partial charge in [0.25, 0.3) is 0 Å². The first-order valence-electron chi connectivity index (χ1n) is 8.18. The van der Waals surface area contributed by atoms with Gasteiger partial charge in [-0.2, -0.15) is 5.10 Å². The Labute approximate surface area is 144 Å². The normalized spacial score (nSPS) is 16.5. The van der Waals surface area contributed by atoms with Crippen molar-refractivity contribution in [3.8, 4) is 5.69 Å². The molecule has 1 aromatic carbocycles. The monoisotopic (exact) mass is 345 g/mol. The molecule has 0 fully saturated rings. The Morgan fingerprint density at radius 3 is 2.75 bits per heavy atom. The van der Waals surface area contributed by atoms with Crippen LogP contribution >= 0.6 is 0 Å². The molecular formula is C18H23N3O2S. The molecule has 0 unspecified atom stereocenters. The zero-order valence-electron chi connectivity index (χ0n) is 14.5. The first-order chi connectivity index (χ1) is 11.3. The lowest BCUT2D eigenvalue weighted by Gasteiger charge is -2.14. The van der Waals surface area contributed by atoms with E-state index < -0.39 is 10.8 Å². The number of aryl methyl sites for hydroxylation is 2. The van der Waals surface area contributed by atoms with E-state index in [9.17, 15) is 9.00 Å². The van der Waals surface area contributed by atoms with E-state index in [0.29, 0.717) is 23.7 Å². The van der Waals surface area contributed by atoms with Crippen molar-refractivity contribution in [2.24, 2.45) is 5.92 Å². The molecule has 0 aliphatic carbocycles. The van der Waals surface area contributed by atoms with Gasteiger partial charge in [0.2, 0.25) is 5.91 Å². The van der Waals surface area contributed by atoms with Gasteiger partial charge in [-0.05, 0) is 31.4 Å². The Balaban J connectivity index is 2.05. The molecule has 1 N–H and O–H groups in total. The fourth-order valence-corrected chi connectivity index (χ4v) is 4.29. The van der Waals surface area contributed by atoms with Gasteiger partial charge in [0, 0.05) is 22.8 Å². The summed E-state index contributed by atoms with van der Waals surface area (Å²) in [6.45, 7) is 8.11. The smallest absolute Gasteiger partial charge is 0.225 e. The Kier molecular flexibility index (Phi) is 4.58. The van der Waals surface area contributed by atoms with E-state index in [1.54, 1.807) is 4.68 Å². The summed E-state index contributed by atoms with van der Waals surface area (Å²) in [6, 6.07) is 6.15. The highest BCUT2D eigenvalue weighted by molar-refractivity contribution is 7.83. The van der Waals surface area contributed by atoms with Crippen LogP contribution in [0.5, 0.6) is 0 Å². The molecule has 2 aromatic rings. The Morgan fingerprint density at radius 2 is 2.08 bits per heavy atom. The number of benzene rings is 1. The third-order valence-electron chi connectivity index (χ3n) is 4.10. The number of nitrogens with zero attached hydrogens (tertiary/aromatic N) is 2. The van der Waals surface area contributed by atoms with E-state index in [1.165, 1.54) is 5.56 Å². The maximum atomic E-state index is 12.3. The number of aromatic nitrogens is 2. The van der Waals surface area contributed by atoms with Gasteiger partial charge in [-0.25, -0.2) is 4.68 Å². The fourth-order valence-electron chi connectivity index (χ4n) is 3.03. The lowest BCUT2D eigenvalue weighted by atomic mass is 10.1. The maximum Gasteiger partial charge on any atom is 0.225 e. The van der Waals surface area contributed by atoms with Crippen LogP contribution in [0, 0.1) is 19.8 Å². The number of hydrogen-bond donors (Lipinski definition) is 1. The zero-order valence-corrected chi connectivity index (χ0v) is 15.4. The molecular weight excluding hydrogens is 322 g/mol.